The lowest BCUT2D eigenvalue weighted by Gasteiger charge is -2.24. The van der Waals surface area contributed by atoms with Crippen LogP contribution in [0.5, 0.6) is 0 Å². The molecule has 2 aromatic carbocycles. The van der Waals surface area contributed by atoms with Gasteiger partial charge in [0.25, 0.3) is 5.91 Å². The Morgan fingerprint density at radius 2 is 1.80 bits per heavy atom. The third kappa shape index (κ3) is 4.11. The summed E-state index contributed by atoms with van der Waals surface area (Å²) < 4.78 is 7.44. The Morgan fingerprint density at radius 3 is 2.53 bits per heavy atom. The minimum absolute atomic E-state index is 0.0879. The molecule has 0 aliphatic rings. The van der Waals surface area contributed by atoms with E-state index in [1.807, 2.05) is 56.3 Å². The molecule has 0 aliphatic carbocycles. The summed E-state index contributed by atoms with van der Waals surface area (Å²) in [6.45, 7) is 4.03. The lowest BCUT2D eigenvalue weighted by atomic mass is 10.2. The second-order valence-corrected chi connectivity index (χ2v) is 7.40. The predicted octanol–water partition coefficient (Wildman–Crippen LogP) is 4.63. The van der Waals surface area contributed by atoms with Gasteiger partial charge in [0.2, 0.25) is 11.8 Å². The molecule has 4 aromatic rings. The van der Waals surface area contributed by atoms with Crippen LogP contribution in [0, 0.1) is 0 Å². The van der Waals surface area contributed by atoms with Gasteiger partial charge in [0, 0.05) is 12.2 Å². The van der Waals surface area contributed by atoms with Gasteiger partial charge in [0.1, 0.15) is 0 Å². The Hall–Kier alpha value is -3.45. The van der Waals surface area contributed by atoms with Crippen LogP contribution in [0.4, 0.5) is 0 Å². The van der Waals surface area contributed by atoms with Crippen LogP contribution in [0.1, 0.15) is 30.2 Å². The molecule has 2 heterocycles. The summed E-state index contributed by atoms with van der Waals surface area (Å²) in [5, 5.41) is 13.1. The maximum atomic E-state index is 13.1. The van der Waals surface area contributed by atoms with Crippen molar-refractivity contribution in [2.45, 2.75) is 26.4 Å². The van der Waals surface area contributed by atoms with Gasteiger partial charge in [-0.05, 0) is 44.2 Å². The molecule has 0 unspecified atom stereocenters. The van der Waals surface area contributed by atoms with Crippen molar-refractivity contribution in [1.82, 2.24) is 24.9 Å². The summed E-state index contributed by atoms with van der Waals surface area (Å²) in [5.74, 6) is 0.437. The van der Waals surface area contributed by atoms with Gasteiger partial charge in [-0.15, -0.1) is 10.2 Å². The van der Waals surface area contributed by atoms with Crippen molar-refractivity contribution >= 4 is 17.5 Å². The van der Waals surface area contributed by atoms with Gasteiger partial charge in [-0.3, -0.25) is 4.79 Å². The van der Waals surface area contributed by atoms with Crippen LogP contribution in [-0.2, 0) is 6.54 Å². The van der Waals surface area contributed by atoms with E-state index < -0.39 is 0 Å². The Kier molecular flexibility index (Phi) is 5.63. The lowest BCUT2D eigenvalue weighted by molar-refractivity contribution is 0.0666. The zero-order valence-electron chi connectivity index (χ0n) is 16.6. The molecule has 0 bridgehead atoms. The number of hydrogen-bond donors (Lipinski definition) is 0. The summed E-state index contributed by atoms with van der Waals surface area (Å²) in [4.78, 5) is 14.7. The molecule has 0 fully saturated rings. The Balaban J connectivity index is 1.54. The average Bonchev–Trinajstić information content (AvgIpc) is 3.42. The van der Waals surface area contributed by atoms with E-state index in [9.17, 15) is 4.79 Å². The molecule has 0 spiro atoms. The summed E-state index contributed by atoms with van der Waals surface area (Å²) in [7, 11) is 0. The normalized spacial score (nSPS) is 11.1. The van der Waals surface area contributed by atoms with Crippen molar-refractivity contribution in [2.24, 2.45) is 0 Å². The molecule has 8 heteroatoms. The number of para-hydroxylation sites is 1. The Bertz CT molecular complexity index is 1150. The first-order chi connectivity index (χ1) is 14.5. The molecular formula is C22H20ClN5O2. The van der Waals surface area contributed by atoms with E-state index in [4.69, 9.17) is 16.0 Å². The van der Waals surface area contributed by atoms with Gasteiger partial charge in [0.15, 0.2) is 5.69 Å². The zero-order chi connectivity index (χ0) is 21.1. The summed E-state index contributed by atoms with van der Waals surface area (Å²) in [6, 6.07) is 18.5. The second kappa shape index (κ2) is 8.51. The summed E-state index contributed by atoms with van der Waals surface area (Å²) >= 11 is 6.20. The van der Waals surface area contributed by atoms with E-state index in [-0.39, 0.29) is 18.5 Å². The van der Waals surface area contributed by atoms with Crippen molar-refractivity contribution in [3.8, 4) is 17.1 Å². The van der Waals surface area contributed by atoms with Crippen LogP contribution in [0.2, 0.25) is 5.02 Å². The molecule has 152 valence electrons. The highest BCUT2D eigenvalue weighted by Gasteiger charge is 2.24. The molecule has 0 N–H and O–H groups in total. The third-order valence-electron chi connectivity index (χ3n) is 4.59. The number of carbonyl (C=O) groups excluding carboxylic acids is 1. The van der Waals surface area contributed by atoms with Gasteiger partial charge in [-0.1, -0.05) is 41.9 Å². The maximum Gasteiger partial charge on any atom is 0.275 e. The molecule has 0 saturated heterocycles. The number of amides is 1. The van der Waals surface area contributed by atoms with Gasteiger partial charge < -0.3 is 9.32 Å². The molecule has 4 rings (SSSR count). The summed E-state index contributed by atoms with van der Waals surface area (Å²) in [6.07, 6.45) is 1.77. The molecule has 1 amide bonds. The third-order valence-corrected chi connectivity index (χ3v) is 4.92. The number of aromatic nitrogens is 4. The fraction of sp³-hybridized carbons (Fsp3) is 0.182. The van der Waals surface area contributed by atoms with Crippen LogP contribution in [0.3, 0.4) is 0 Å². The van der Waals surface area contributed by atoms with Crippen molar-refractivity contribution < 1.29 is 9.21 Å². The Morgan fingerprint density at radius 1 is 1.07 bits per heavy atom. The van der Waals surface area contributed by atoms with Gasteiger partial charge in [-0.25, -0.2) is 4.68 Å². The quantitative estimate of drug-likeness (QED) is 0.453. The highest BCUT2D eigenvalue weighted by Crippen LogP contribution is 2.26. The van der Waals surface area contributed by atoms with E-state index in [0.29, 0.717) is 28.1 Å². The fourth-order valence-electron chi connectivity index (χ4n) is 3.01. The minimum atomic E-state index is -0.211. The van der Waals surface area contributed by atoms with Crippen LogP contribution >= 0.6 is 11.6 Å². The maximum absolute atomic E-state index is 13.1. The van der Waals surface area contributed by atoms with Gasteiger partial charge in [-0.2, -0.15) is 5.10 Å². The number of rotatable bonds is 6. The first-order valence-corrected chi connectivity index (χ1v) is 9.90. The Labute approximate surface area is 178 Å². The van der Waals surface area contributed by atoms with Crippen LogP contribution < -0.4 is 0 Å². The highest BCUT2D eigenvalue weighted by molar-refractivity contribution is 6.33. The van der Waals surface area contributed by atoms with Gasteiger partial charge in [0.05, 0.1) is 22.8 Å². The number of benzene rings is 2. The predicted molar refractivity (Wildman–Crippen MR) is 113 cm³/mol. The SMILES string of the molecule is CC(C)N(Cc1nnc(-c2ccccc2Cl)o1)C(=O)c1ccn(-c2ccccc2)n1. The van der Waals surface area contributed by atoms with Crippen LogP contribution in [0.15, 0.2) is 71.3 Å². The summed E-state index contributed by atoms with van der Waals surface area (Å²) in [5.41, 5.74) is 1.88. The van der Waals surface area contributed by atoms with Crippen molar-refractivity contribution in [2.75, 3.05) is 0 Å². The van der Waals surface area contributed by atoms with E-state index >= 15 is 0 Å². The molecular weight excluding hydrogens is 402 g/mol. The molecule has 0 saturated carbocycles. The number of hydrogen-bond acceptors (Lipinski definition) is 5. The molecule has 0 aliphatic heterocycles. The van der Waals surface area contributed by atoms with Crippen LogP contribution in [0.25, 0.3) is 17.1 Å². The van der Waals surface area contributed by atoms with E-state index in [1.165, 1.54) is 0 Å². The van der Waals surface area contributed by atoms with E-state index in [0.717, 1.165) is 5.69 Å². The van der Waals surface area contributed by atoms with Crippen molar-refractivity contribution in [1.29, 1.82) is 0 Å². The van der Waals surface area contributed by atoms with Crippen molar-refractivity contribution in [3.63, 3.8) is 0 Å². The number of nitrogens with zero attached hydrogens (tertiary/aromatic N) is 5. The minimum Gasteiger partial charge on any atom is -0.419 e. The smallest absolute Gasteiger partial charge is 0.275 e. The largest absolute Gasteiger partial charge is 0.419 e. The average molecular weight is 422 g/mol. The van der Waals surface area contributed by atoms with Crippen LogP contribution in [-0.4, -0.2) is 36.8 Å². The molecule has 0 atom stereocenters. The van der Waals surface area contributed by atoms with E-state index in [2.05, 4.69) is 15.3 Å². The number of carbonyl (C=O) groups is 1. The van der Waals surface area contributed by atoms with Crippen molar-refractivity contribution in [3.05, 3.63) is 83.5 Å². The monoisotopic (exact) mass is 421 g/mol. The lowest BCUT2D eigenvalue weighted by Crippen LogP contribution is -2.36. The first kappa shape index (κ1) is 19.8. The topological polar surface area (TPSA) is 77.0 Å². The fourth-order valence-corrected chi connectivity index (χ4v) is 3.22. The zero-order valence-corrected chi connectivity index (χ0v) is 17.3. The molecule has 30 heavy (non-hydrogen) atoms. The second-order valence-electron chi connectivity index (χ2n) is 6.99. The first-order valence-electron chi connectivity index (χ1n) is 9.52. The molecule has 7 nitrogen and oxygen atoms in total. The molecule has 2 aromatic heterocycles. The highest BCUT2D eigenvalue weighted by atomic mass is 35.5. The van der Waals surface area contributed by atoms with E-state index in [1.54, 1.807) is 34.0 Å². The molecule has 0 radical (unpaired) electrons. The standard InChI is InChI=1S/C22H20ClN5O2/c1-15(2)27(14-20-24-25-21(30-20)17-10-6-7-11-18(17)23)22(29)19-12-13-28(26-19)16-8-4-3-5-9-16/h3-13,15H,14H2,1-2H3. The van der Waals surface area contributed by atoms with Gasteiger partial charge >= 0.3 is 0 Å². The number of halogens is 1.